The lowest BCUT2D eigenvalue weighted by molar-refractivity contribution is -0.135. The van der Waals surface area contributed by atoms with Crippen molar-refractivity contribution in [2.75, 3.05) is 46.5 Å². The van der Waals surface area contributed by atoms with Crippen molar-refractivity contribution in [1.82, 2.24) is 9.80 Å². The first-order chi connectivity index (χ1) is 14.6. The van der Waals surface area contributed by atoms with Gasteiger partial charge in [0, 0.05) is 44.6 Å². The average molecular weight is 415 g/mol. The van der Waals surface area contributed by atoms with Gasteiger partial charge in [-0.25, -0.2) is 0 Å². The van der Waals surface area contributed by atoms with Gasteiger partial charge in [0.25, 0.3) is 5.91 Å². The van der Waals surface area contributed by atoms with E-state index in [1.807, 2.05) is 31.3 Å². The fourth-order valence-electron chi connectivity index (χ4n) is 4.57. The summed E-state index contributed by atoms with van der Waals surface area (Å²) < 4.78 is 12.1. The van der Waals surface area contributed by atoms with Crippen LogP contribution in [0, 0.1) is 11.3 Å². The van der Waals surface area contributed by atoms with Gasteiger partial charge in [-0.15, -0.1) is 0 Å². The summed E-state index contributed by atoms with van der Waals surface area (Å²) in [5, 5.41) is 0. The molecule has 0 N–H and O–H groups in total. The molecule has 1 saturated carbocycles. The van der Waals surface area contributed by atoms with Crippen LogP contribution in [0.4, 0.5) is 0 Å². The van der Waals surface area contributed by atoms with E-state index in [2.05, 4.69) is 4.90 Å². The van der Waals surface area contributed by atoms with Crippen LogP contribution < -0.4 is 4.74 Å². The zero-order valence-electron chi connectivity index (χ0n) is 18.1. The monoisotopic (exact) mass is 414 g/mol. The van der Waals surface area contributed by atoms with Crippen molar-refractivity contribution in [3.05, 3.63) is 29.8 Å². The van der Waals surface area contributed by atoms with Gasteiger partial charge < -0.3 is 19.3 Å². The maximum absolute atomic E-state index is 12.9. The Kier molecular flexibility index (Phi) is 6.61. The van der Waals surface area contributed by atoms with Crippen LogP contribution in [0.15, 0.2) is 24.3 Å². The molecule has 4 rings (SSSR count). The number of ether oxygens (including phenoxy) is 2. The van der Waals surface area contributed by atoms with Crippen molar-refractivity contribution < 1.29 is 19.1 Å². The van der Waals surface area contributed by atoms with Crippen molar-refractivity contribution >= 4 is 11.8 Å². The molecule has 2 heterocycles. The van der Waals surface area contributed by atoms with Crippen molar-refractivity contribution in [3.8, 4) is 5.75 Å². The van der Waals surface area contributed by atoms with E-state index in [0.717, 1.165) is 64.6 Å². The molecule has 1 spiro atoms. The van der Waals surface area contributed by atoms with E-state index in [9.17, 15) is 9.59 Å². The molecule has 3 aliphatic rings. The van der Waals surface area contributed by atoms with Crippen LogP contribution in [-0.2, 0) is 9.53 Å². The van der Waals surface area contributed by atoms with E-state index in [-0.39, 0.29) is 17.2 Å². The molecule has 0 atom stereocenters. The Morgan fingerprint density at radius 2 is 1.80 bits per heavy atom. The van der Waals surface area contributed by atoms with Crippen molar-refractivity contribution in [1.29, 1.82) is 0 Å². The predicted octanol–water partition coefficient (Wildman–Crippen LogP) is 3.36. The summed E-state index contributed by atoms with van der Waals surface area (Å²) in [6.45, 7) is 4.07. The van der Waals surface area contributed by atoms with Crippen LogP contribution >= 0.6 is 0 Å². The number of fused-ring (bicyclic) bond motifs is 1. The third-order valence-electron chi connectivity index (χ3n) is 6.88. The third-order valence-corrected chi connectivity index (χ3v) is 6.88. The number of likely N-dealkylation sites (N-methyl/N-ethyl adjacent to an activating group) is 1. The topological polar surface area (TPSA) is 59.1 Å². The fraction of sp³-hybridized carbons (Fsp3) is 0.667. The second-order valence-corrected chi connectivity index (χ2v) is 9.18. The minimum absolute atomic E-state index is 0.0369. The van der Waals surface area contributed by atoms with Gasteiger partial charge in [0.2, 0.25) is 5.91 Å². The lowest BCUT2D eigenvalue weighted by Gasteiger charge is -2.42. The van der Waals surface area contributed by atoms with Crippen molar-refractivity contribution in [2.45, 2.75) is 44.9 Å². The first kappa shape index (κ1) is 21.2. The number of rotatable bonds is 1. The molecule has 1 aliphatic carbocycles. The van der Waals surface area contributed by atoms with Crippen LogP contribution in [0.3, 0.4) is 0 Å². The molecular formula is C24H34N2O4. The molecule has 1 aromatic rings. The Hall–Kier alpha value is -2.08. The van der Waals surface area contributed by atoms with Crippen LogP contribution in [0.25, 0.3) is 0 Å². The molecule has 6 heteroatoms. The van der Waals surface area contributed by atoms with E-state index in [1.165, 1.54) is 0 Å². The molecule has 1 saturated heterocycles. The molecule has 0 bridgehead atoms. The molecular weight excluding hydrogens is 380 g/mol. The maximum Gasteiger partial charge on any atom is 0.257 e. The van der Waals surface area contributed by atoms with E-state index in [4.69, 9.17) is 9.47 Å². The summed E-state index contributed by atoms with van der Waals surface area (Å²) in [5.41, 5.74) is 0.653. The summed E-state index contributed by atoms with van der Waals surface area (Å²) >= 11 is 0. The Labute approximate surface area is 179 Å². The number of para-hydroxylation sites is 1. The number of likely N-dealkylation sites (tertiary alicyclic amines) is 1. The van der Waals surface area contributed by atoms with Gasteiger partial charge in [0.05, 0.1) is 18.8 Å². The molecule has 0 unspecified atom stereocenters. The molecule has 0 aromatic heterocycles. The standard InChI is InChI=1S/C24H34N2O4/c1-25-15-17-29-16-5-4-10-24(11-13-26(14-12-24)22(27)19-8-9-19)18-30-21-7-3-2-6-20(21)23(25)28/h2-3,6-7,19H,4-5,8-18H2,1H3. The number of nitrogens with zero attached hydrogens (tertiary/aromatic N) is 2. The van der Waals surface area contributed by atoms with Crippen LogP contribution in [0.2, 0.25) is 0 Å². The number of hydrogen-bond acceptors (Lipinski definition) is 4. The smallest absolute Gasteiger partial charge is 0.257 e. The number of carbonyl (C=O) groups excluding carboxylic acids is 2. The van der Waals surface area contributed by atoms with Gasteiger partial charge in [0.1, 0.15) is 5.75 Å². The molecule has 0 radical (unpaired) electrons. The number of piperidine rings is 1. The highest BCUT2D eigenvalue weighted by Gasteiger charge is 2.40. The van der Waals surface area contributed by atoms with Gasteiger partial charge in [-0.05, 0) is 50.7 Å². The van der Waals surface area contributed by atoms with Gasteiger partial charge in [-0.3, -0.25) is 9.59 Å². The fourth-order valence-corrected chi connectivity index (χ4v) is 4.57. The molecule has 2 amide bonds. The summed E-state index contributed by atoms with van der Waals surface area (Å²) in [4.78, 5) is 29.1. The summed E-state index contributed by atoms with van der Waals surface area (Å²) in [7, 11) is 1.81. The SMILES string of the molecule is CN1CCOCCCCC2(CCN(C(=O)C3CC3)CC2)COc2ccccc2C1=O. The number of hydrogen-bond donors (Lipinski definition) is 0. The normalized spacial score (nSPS) is 23.4. The summed E-state index contributed by atoms with van der Waals surface area (Å²) in [6, 6.07) is 7.53. The van der Waals surface area contributed by atoms with Crippen molar-refractivity contribution in [2.24, 2.45) is 11.3 Å². The Balaban J connectivity index is 1.49. The molecule has 1 aromatic carbocycles. The molecule has 6 nitrogen and oxygen atoms in total. The molecule has 2 aliphatic heterocycles. The van der Waals surface area contributed by atoms with Crippen LogP contribution in [0.5, 0.6) is 5.75 Å². The summed E-state index contributed by atoms with van der Waals surface area (Å²) in [6.07, 6.45) is 7.21. The minimum atomic E-state index is -0.0369. The average Bonchev–Trinajstić information content (AvgIpc) is 3.62. The van der Waals surface area contributed by atoms with E-state index in [1.54, 1.807) is 4.90 Å². The van der Waals surface area contributed by atoms with Crippen molar-refractivity contribution in [3.63, 3.8) is 0 Å². The Morgan fingerprint density at radius 3 is 2.57 bits per heavy atom. The highest BCUT2D eigenvalue weighted by atomic mass is 16.5. The molecule has 164 valence electrons. The second kappa shape index (κ2) is 9.38. The van der Waals surface area contributed by atoms with E-state index >= 15 is 0 Å². The number of benzene rings is 1. The van der Waals surface area contributed by atoms with Gasteiger partial charge in [-0.1, -0.05) is 18.6 Å². The molecule has 2 fully saturated rings. The Bertz CT molecular complexity index is 753. The van der Waals surface area contributed by atoms with Crippen LogP contribution in [-0.4, -0.2) is 68.1 Å². The van der Waals surface area contributed by atoms with Crippen LogP contribution in [0.1, 0.15) is 55.3 Å². The first-order valence-corrected chi connectivity index (χ1v) is 11.4. The maximum atomic E-state index is 12.9. The number of amides is 2. The lowest BCUT2D eigenvalue weighted by Crippen LogP contribution is -2.46. The zero-order valence-corrected chi connectivity index (χ0v) is 18.1. The van der Waals surface area contributed by atoms with E-state index < -0.39 is 0 Å². The van der Waals surface area contributed by atoms with Gasteiger partial charge in [0.15, 0.2) is 0 Å². The Morgan fingerprint density at radius 1 is 1.03 bits per heavy atom. The van der Waals surface area contributed by atoms with E-state index in [0.29, 0.717) is 37.0 Å². The third kappa shape index (κ3) is 4.97. The number of carbonyl (C=O) groups is 2. The first-order valence-electron chi connectivity index (χ1n) is 11.4. The highest BCUT2D eigenvalue weighted by Crippen LogP contribution is 2.40. The summed E-state index contributed by atoms with van der Waals surface area (Å²) in [5.74, 6) is 1.25. The largest absolute Gasteiger partial charge is 0.492 e. The second-order valence-electron chi connectivity index (χ2n) is 9.18. The molecule has 30 heavy (non-hydrogen) atoms. The highest BCUT2D eigenvalue weighted by molar-refractivity contribution is 5.96. The van der Waals surface area contributed by atoms with Gasteiger partial charge in [-0.2, -0.15) is 0 Å². The predicted molar refractivity (Wildman–Crippen MR) is 115 cm³/mol. The zero-order chi connectivity index (χ0) is 21.0. The lowest BCUT2D eigenvalue weighted by atomic mass is 9.75. The van der Waals surface area contributed by atoms with Gasteiger partial charge >= 0.3 is 0 Å². The quantitative estimate of drug-likeness (QED) is 0.707. The minimum Gasteiger partial charge on any atom is -0.492 e.